The second kappa shape index (κ2) is 5.89. The quantitative estimate of drug-likeness (QED) is 0.857. The highest BCUT2D eigenvalue weighted by molar-refractivity contribution is 7.99. The Morgan fingerprint density at radius 2 is 2.05 bits per heavy atom. The molecule has 0 saturated heterocycles. The highest BCUT2D eigenvalue weighted by Crippen LogP contribution is 2.28. The van der Waals surface area contributed by atoms with Gasteiger partial charge in [-0.3, -0.25) is 0 Å². The van der Waals surface area contributed by atoms with Crippen LogP contribution in [-0.2, 0) is 6.54 Å². The number of rotatable bonds is 5. The van der Waals surface area contributed by atoms with Crippen molar-refractivity contribution in [2.75, 3.05) is 0 Å². The first-order valence-corrected chi connectivity index (χ1v) is 7.51. The molecule has 0 spiro atoms. The molecule has 0 radical (unpaired) electrons. The van der Waals surface area contributed by atoms with Crippen molar-refractivity contribution >= 4 is 11.8 Å². The number of aryl methyl sites for hydroxylation is 1. The van der Waals surface area contributed by atoms with E-state index in [9.17, 15) is 4.39 Å². The van der Waals surface area contributed by atoms with E-state index in [4.69, 9.17) is 0 Å². The van der Waals surface area contributed by atoms with E-state index in [1.807, 2.05) is 13.0 Å². The summed E-state index contributed by atoms with van der Waals surface area (Å²) >= 11 is 1.25. The van der Waals surface area contributed by atoms with Crippen LogP contribution < -0.4 is 5.32 Å². The predicted octanol–water partition coefficient (Wildman–Crippen LogP) is 3.33. The lowest BCUT2D eigenvalue weighted by atomic mass is 10.2. The third-order valence-electron chi connectivity index (χ3n) is 3.13. The van der Waals surface area contributed by atoms with Crippen LogP contribution in [0.15, 0.2) is 40.6 Å². The van der Waals surface area contributed by atoms with Crippen LogP contribution in [-0.4, -0.2) is 16.0 Å². The Bertz CT molecular complexity index is 597. The summed E-state index contributed by atoms with van der Waals surface area (Å²) in [5, 5.41) is 3.95. The Balaban J connectivity index is 1.68. The highest BCUT2D eigenvalue weighted by Gasteiger charge is 2.20. The van der Waals surface area contributed by atoms with E-state index in [-0.39, 0.29) is 5.82 Å². The zero-order chi connectivity index (χ0) is 13.9. The molecule has 2 aromatic rings. The molecule has 20 heavy (non-hydrogen) atoms. The molecule has 0 aliphatic heterocycles. The summed E-state index contributed by atoms with van der Waals surface area (Å²) in [7, 11) is 0. The zero-order valence-electron chi connectivity index (χ0n) is 11.3. The Hall–Kier alpha value is -1.46. The molecule has 5 heteroatoms. The van der Waals surface area contributed by atoms with Crippen molar-refractivity contribution in [3.8, 4) is 0 Å². The van der Waals surface area contributed by atoms with Crippen molar-refractivity contribution in [3.63, 3.8) is 0 Å². The number of nitrogens with one attached hydrogen (secondary N) is 1. The molecule has 1 aliphatic rings. The topological polar surface area (TPSA) is 37.8 Å². The first kappa shape index (κ1) is 13.5. The summed E-state index contributed by atoms with van der Waals surface area (Å²) < 4.78 is 14.1. The SMILES string of the molecule is Cc1cnc(Sc2ccc(CNC3CC3)cc2F)nc1. The molecule has 0 unspecified atom stereocenters. The van der Waals surface area contributed by atoms with Gasteiger partial charge in [-0.1, -0.05) is 6.07 Å². The summed E-state index contributed by atoms with van der Waals surface area (Å²) in [5.74, 6) is -0.214. The largest absolute Gasteiger partial charge is 0.310 e. The third kappa shape index (κ3) is 3.55. The third-order valence-corrected chi connectivity index (χ3v) is 4.07. The minimum absolute atomic E-state index is 0.214. The molecular weight excluding hydrogens is 273 g/mol. The Morgan fingerprint density at radius 3 is 2.70 bits per heavy atom. The molecule has 1 aromatic carbocycles. The molecule has 1 fully saturated rings. The summed E-state index contributed by atoms with van der Waals surface area (Å²) in [4.78, 5) is 8.91. The fourth-order valence-corrected chi connectivity index (χ4v) is 2.52. The lowest BCUT2D eigenvalue weighted by Gasteiger charge is -2.06. The van der Waals surface area contributed by atoms with Crippen molar-refractivity contribution in [2.45, 2.75) is 42.4 Å². The van der Waals surface area contributed by atoms with Crippen molar-refractivity contribution in [3.05, 3.63) is 47.5 Å². The first-order chi connectivity index (χ1) is 9.70. The molecule has 104 valence electrons. The molecule has 0 bridgehead atoms. The average molecular weight is 289 g/mol. The molecule has 3 rings (SSSR count). The van der Waals surface area contributed by atoms with E-state index in [0.29, 0.717) is 16.1 Å². The summed E-state index contributed by atoms with van der Waals surface area (Å²) in [6, 6.07) is 5.97. The van der Waals surface area contributed by atoms with Gasteiger partial charge in [-0.05, 0) is 54.8 Å². The number of hydrogen-bond donors (Lipinski definition) is 1. The summed E-state index contributed by atoms with van der Waals surface area (Å²) in [6.45, 7) is 2.66. The van der Waals surface area contributed by atoms with Gasteiger partial charge in [0, 0.05) is 25.0 Å². The predicted molar refractivity (Wildman–Crippen MR) is 77.2 cm³/mol. The zero-order valence-corrected chi connectivity index (χ0v) is 12.1. The molecule has 1 heterocycles. The fraction of sp³-hybridized carbons (Fsp3) is 0.333. The van der Waals surface area contributed by atoms with E-state index in [2.05, 4.69) is 15.3 Å². The number of aromatic nitrogens is 2. The maximum Gasteiger partial charge on any atom is 0.192 e. The standard InChI is InChI=1S/C15H16FN3S/c1-10-7-18-15(19-8-10)20-14-5-2-11(6-13(14)16)9-17-12-3-4-12/h2,5-8,12,17H,3-4,9H2,1H3. The normalized spacial score (nSPS) is 14.5. The lowest BCUT2D eigenvalue weighted by molar-refractivity contribution is 0.595. The van der Waals surface area contributed by atoms with Crippen molar-refractivity contribution < 1.29 is 4.39 Å². The monoisotopic (exact) mass is 289 g/mol. The van der Waals surface area contributed by atoms with E-state index in [1.165, 1.54) is 24.6 Å². The van der Waals surface area contributed by atoms with Crippen LogP contribution >= 0.6 is 11.8 Å². The van der Waals surface area contributed by atoms with Gasteiger partial charge in [0.1, 0.15) is 5.82 Å². The molecule has 1 saturated carbocycles. The second-order valence-corrected chi connectivity index (χ2v) is 6.07. The number of nitrogens with zero attached hydrogens (tertiary/aromatic N) is 2. The van der Waals surface area contributed by atoms with Crippen molar-refractivity contribution in [1.29, 1.82) is 0 Å². The van der Waals surface area contributed by atoms with Crippen LogP contribution in [0.3, 0.4) is 0 Å². The molecule has 1 aromatic heterocycles. The fourth-order valence-electron chi connectivity index (χ4n) is 1.82. The summed E-state index contributed by atoms with van der Waals surface area (Å²) in [5.41, 5.74) is 1.97. The van der Waals surface area contributed by atoms with Crippen LogP contribution in [0.2, 0.25) is 0 Å². The minimum atomic E-state index is -0.214. The average Bonchev–Trinajstić information content (AvgIpc) is 3.26. The van der Waals surface area contributed by atoms with E-state index in [1.54, 1.807) is 24.5 Å². The van der Waals surface area contributed by atoms with Gasteiger partial charge in [0.15, 0.2) is 5.16 Å². The van der Waals surface area contributed by atoms with Gasteiger partial charge < -0.3 is 5.32 Å². The smallest absolute Gasteiger partial charge is 0.192 e. The molecule has 0 atom stereocenters. The van der Waals surface area contributed by atoms with E-state index >= 15 is 0 Å². The highest BCUT2D eigenvalue weighted by atomic mass is 32.2. The molecule has 1 N–H and O–H groups in total. The Kier molecular flexibility index (Phi) is 3.98. The Labute approximate surface area is 122 Å². The van der Waals surface area contributed by atoms with Crippen LogP contribution in [0.4, 0.5) is 4.39 Å². The molecule has 0 amide bonds. The lowest BCUT2D eigenvalue weighted by Crippen LogP contribution is -2.15. The van der Waals surface area contributed by atoms with E-state index in [0.717, 1.165) is 17.7 Å². The minimum Gasteiger partial charge on any atom is -0.310 e. The number of halogens is 1. The van der Waals surface area contributed by atoms with Gasteiger partial charge in [0.25, 0.3) is 0 Å². The second-order valence-electron chi connectivity index (χ2n) is 5.06. The van der Waals surface area contributed by atoms with Crippen molar-refractivity contribution in [1.82, 2.24) is 15.3 Å². The van der Waals surface area contributed by atoms with Crippen LogP contribution in [0.5, 0.6) is 0 Å². The van der Waals surface area contributed by atoms with Crippen molar-refractivity contribution in [2.24, 2.45) is 0 Å². The van der Waals surface area contributed by atoms with E-state index < -0.39 is 0 Å². The molecule has 3 nitrogen and oxygen atoms in total. The van der Waals surface area contributed by atoms with Crippen LogP contribution in [0.25, 0.3) is 0 Å². The first-order valence-electron chi connectivity index (χ1n) is 6.69. The van der Waals surface area contributed by atoms with Crippen LogP contribution in [0, 0.1) is 12.7 Å². The number of benzene rings is 1. The Morgan fingerprint density at radius 1 is 1.30 bits per heavy atom. The van der Waals surface area contributed by atoms with Gasteiger partial charge in [-0.25, -0.2) is 14.4 Å². The summed E-state index contributed by atoms with van der Waals surface area (Å²) in [6.07, 6.45) is 5.95. The van der Waals surface area contributed by atoms with Gasteiger partial charge >= 0.3 is 0 Å². The van der Waals surface area contributed by atoms with Gasteiger partial charge in [-0.2, -0.15) is 0 Å². The van der Waals surface area contributed by atoms with Gasteiger partial charge in [0.05, 0.1) is 4.90 Å². The van der Waals surface area contributed by atoms with Crippen LogP contribution in [0.1, 0.15) is 24.0 Å². The maximum absolute atomic E-state index is 14.1. The molecular formula is C15H16FN3S. The maximum atomic E-state index is 14.1. The molecule has 1 aliphatic carbocycles. The van der Waals surface area contributed by atoms with Gasteiger partial charge in [0.2, 0.25) is 0 Å². The van der Waals surface area contributed by atoms with Gasteiger partial charge in [-0.15, -0.1) is 0 Å². The number of hydrogen-bond acceptors (Lipinski definition) is 4.